The molecule has 0 spiro atoms. The number of amides is 1. The van der Waals surface area contributed by atoms with Crippen molar-refractivity contribution in [3.63, 3.8) is 0 Å². The molecule has 0 radical (unpaired) electrons. The summed E-state index contributed by atoms with van der Waals surface area (Å²) in [6.45, 7) is -2.56. The molecule has 1 aromatic carbocycles. The Bertz CT molecular complexity index is 654. The van der Waals surface area contributed by atoms with Crippen LogP contribution in [0, 0.1) is 0 Å². The number of hydrogen-bond acceptors (Lipinski definition) is 5. The average molecular weight is 323 g/mol. The van der Waals surface area contributed by atoms with Crippen molar-refractivity contribution in [3.05, 3.63) is 48.0 Å². The number of nitrogens with zero attached hydrogens (tertiary/aromatic N) is 2. The lowest BCUT2D eigenvalue weighted by atomic mass is 10.1. The summed E-state index contributed by atoms with van der Waals surface area (Å²) < 4.78 is 33.9. The second-order valence-electron chi connectivity index (χ2n) is 4.46. The van der Waals surface area contributed by atoms with Gasteiger partial charge in [-0.1, -0.05) is 6.07 Å². The van der Waals surface area contributed by atoms with E-state index in [1.54, 1.807) is 12.1 Å². The first-order chi connectivity index (χ1) is 11.1. The van der Waals surface area contributed by atoms with Gasteiger partial charge in [0.05, 0.1) is 13.3 Å². The molecule has 122 valence electrons. The van der Waals surface area contributed by atoms with E-state index in [1.165, 1.54) is 31.8 Å². The van der Waals surface area contributed by atoms with Crippen LogP contribution in [0.15, 0.2) is 36.8 Å². The van der Waals surface area contributed by atoms with Crippen molar-refractivity contribution in [1.82, 2.24) is 15.3 Å². The van der Waals surface area contributed by atoms with Gasteiger partial charge in [-0.2, -0.15) is 8.78 Å². The highest BCUT2D eigenvalue weighted by Crippen LogP contribution is 2.29. The first-order valence-electron chi connectivity index (χ1n) is 6.76. The number of alkyl halides is 2. The smallest absolute Gasteiger partial charge is 0.387 e. The van der Waals surface area contributed by atoms with Crippen LogP contribution in [0.5, 0.6) is 11.5 Å². The number of ether oxygens (including phenoxy) is 2. The molecule has 0 fully saturated rings. The second-order valence-corrected chi connectivity index (χ2v) is 4.46. The summed E-state index contributed by atoms with van der Waals surface area (Å²) in [5.41, 5.74) is 1.04. The van der Waals surface area contributed by atoms with Gasteiger partial charge in [-0.05, 0) is 24.1 Å². The lowest BCUT2D eigenvalue weighted by molar-refractivity contribution is -0.0512. The van der Waals surface area contributed by atoms with Crippen LogP contribution < -0.4 is 14.8 Å². The Labute approximate surface area is 131 Å². The number of aromatic nitrogens is 2. The molecule has 23 heavy (non-hydrogen) atoms. The van der Waals surface area contributed by atoms with E-state index in [2.05, 4.69) is 20.0 Å². The highest BCUT2D eigenvalue weighted by molar-refractivity contribution is 5.91. The minimum Gasteiger partial charge on any atom is -0.493 e. The summed E-state index contributed by atoms with van der Waals surface area (Å²) >= 11 is 0. The van der Waals surface area contributed by atoms with Crippen LogP contribution in [-0.2, 0) is 6.42 Å². The Hall–Kier alpha value is -2.77. The van der Waals surface area contributed by atoms with Crippen LogP contribution in [0.25, 0.3) is 0 Å². The molecule has 0 unspecified atom stereocenters. The van der Waals surface area contributed by atoms with E-state index >= 15 is 0 Å². The molecule has 8 heteroatoms. The molecule has 1 aromatic heterocycles. The van der Waals surface area contributed by atoms with Crippen molar-refractivity contribution in [2.24, 2.45) is 0 Å². The fourth-order valence-electron chi connectivity index (χ4n) is 1.89. The molecule has 1 heterocycles. The fraction of sp³-hybridized carbons (Fsp3) is 0.267. The Balaban J connectivity index is 1.92. The highest BCUT2D eigenvalue weighted by Gasteiger charge is 2.11. The summed E-state index contributed by atoms with van der Waals surface area (Å²) in [5.74, 6) is -0.152. The maximum absolute atomic E-state index is 12.3. The van der Waals surface area contributed by atoms with E-state index in [4.69, 9.17) is 4.74 Å². The predicted octanol–water partition coefficient (Wildman–Crippen LogP) is 2.06. The normalized spacial score (nSPS) is 10.4. The van der Waals surface area contributed by atoms with Crippen molar-refractivity contribution < 1.29 is 23.0 Å². The number of nitrogens with one attached hydrogen (secondary N) is 1. The molecule has 0 saturated heterocycles. The summed E-state index contributed by atoms with van der Waals surface area (Å²) in [7, 11) is 1.37. The minimum absolute atomic E-state index is 0.0326. The maximum atomic E-state index is 12.3. The lowest BCUT2D eigenvalue weighted by Crippen LogP contribution is -2.26. The van der Waals surface area contributed by atoms with E-state index in [0.29, 0.717) is 13.0 Å². The summed E-state index contributed by atoms with van der Waals surface area (Å²) in [4.78, 5) is 19.5. The average Bonchev–Trinajstić information content (AvgIpc) is 2.56. The first-order valence-corrected chi connectivity index (χ1v) is 6.76. The molecule has 0 aliphatic heterocycles. The van der Waals surface area contributed by atoms with Crippen molar-refractivity contribution in [1.29, 1.82) is 0 Å². The van der Waals surface area contributed by atoms with Crippen molar-refractivity contribution >= 4 is 5.91 Å². The Morgan fingerprint density at radius 3 is 2.78 bits per heavy atom. The molecular weight excluding hydrogens is 308 g/mol. The van der Waals surface area contributed by atoms with E-state index < -0.39 is 6.61 Å². The van der Waals surface area contributed by atoms with E-state index in [-0.39, 0.29) is 23.1 Å². The van der Waals surface area contributed by atoms with Crippen molar-refractivity contribution in [2.75, 3.05) is 13.7 Å². The van der Waals surface area contributed by atoms with Gasteiger partial charge in [0, 0.05) is 18.9 Å². The number of halogens is 2. The van der Waals surface area contributed by atoms with Crippen LogP contribution in [0.3, 0.4) is 0 Å². The largest absolute Gasteiger partial charge is 0.493 e. The summed E-state index contributed by atoms with van der Waals surface area (Å²) in [6.07, 6.45) is 4.78. The van der Waals surface area contributed by atoms with Gasteiger partial charge in [0.2, 0.25) is 0 Å². The van der Waals surface area contributed by atoms with Gasteiger partial charge >= 0.3 is 6.61 Å². The fourth-order valence-corrected chi connectivity index (χ4v) is 1.89. The molecule has 1 amide bonds. The monoisotopic (exact) mass is 323 g/mol. The zero-order chi connectivity index (χ0) is 16.7. The first kappa shape index (κ1) is 16.6. The topological polar surface area (TPSA) is 73.3 Å². The molecule has 0 saturated carbocycles. The quantitative estimate of drug-likeness (QED) is 0.844. The molecule has 0 atom stereocenters. The second kappa shape index (κ2) is 8.02. The standard InChI is InChI=1S/C15H15F2N3O3/c1-22-13-8-10(2-3-12(13)23-15(16)17)4-5-20-14(21)11-9-18-6-7-19-11/h2-3,6-9,15H,4-5H2,1H3,(H,20,21). The highest BCUT2D eigenvalue weighted by atomic mass is 19.3. The molecule has 0 aliphatic carbocycles. The van der Waals surface area contributed by atoms with E-state index in [0.717, 1.165) is 5.56 Å². The van der Waals surface area contributed by atoms with Gasteiger partial charge in [0.15, 0.2) is 11.5 Å². The van der Waals surface area contributed by atoms with Gasteiger partial charge in [-0.15, -0.1) is 0 Å². The molecule has 2 aromatic rings. The molecule has 0 aliphatic rings. The van der Waals surface area contributed by atoms with Crippen LogP contribution >= 0.6 is 0 Å². The number of benzene rings is 1. The minimum atomic E-state index is -2.92. The van der Waals surface area contributed by atoms with Crippen molar-refractivity contribution in [3.8, 4) is 11.5 Å². The molecule has 0 bridgehead atoms. The van der Waals surface area contributed by atoms with Gasteiger partial charge in [-0.3, -0.25) is 9.78 Å². The van der Waals surface area contributed by atoms with Crippen LogP contribution in [0.4, 0.5) is 8.78 Å². The van der Waals surface area contributed by atoms with Crippen molar-refractivity contribution in [2.45, 2.75) is 13.0 Å². The molecule has 6 nitrogen and oxygen atoms in total. The Morgan fingerprint density at radius 1 is 1.30 bits per heavy atom. The van der Waals surface area contributed by atoms with E-state index in [9.17, 15) is 13.6 Å². The SMILES string of the molecule is COc1cc(CCNC(=O)c2cnccn2)ccc1OC(F)F. The number of carbonyl (C=O) groups is 1. The van der Waals surface area contributed by atoms with Gasteiger partial charge in [0.1, 0.15) is 5.69 Å². The third-order valence-corrected chi connectivity index (χ3v) is 2.94. The third-order valence-electron chi connectivity index (χ3n) is 2.94. The van der Waals surface area contributed by atoms with E-state index in [1.807, 2.05) is 0 Å². The predicted molar refractivity (Wildman–Crippen MR) is 77.7 cm³/mol. The van der Waals surface area contributed by atoms with Crippen LogP contribution in [0.1, 0.15) is 16.1 Å². The van der Waals surface area contributed by atoms with Gasteiger partial charge < -0.3 is 14.8 Å². The zero-order valence-corrected chi connectivity index (χ0v) is 12.3. The molecular formula is C15H15F2N3O3. The van der Waals surface area contributed by atoms with Gasteiger partial charge in [-0.25, -0.2) is 4.98 Å². The summed E-state index contributed by atoms with van der Waals surface area (Å²) in [5, 5.41) is 2.70. The number of rotatable bonds is 7. The number of carbonyl (C=O) groups excluding carboxylic acids is 1. The summed E-state index contributed by atoms with van der Waals surface area (Å²) in [6, 6.07) is 4.63. The van der Waals surface area contributed by atoms with Crippen LogP contribution in [-0.4, -0.2) is 36.1 Å². The Kier molecular flexibility index (Phi) is 5.79. The van der Waals surface area contributed by atoms with Crippen LogP contribution in [0.2, 0.25) is 0 Å². The maximum Gasteiger partial charge on any atom is 0.387 e. The van der Waals surface area contributed by atoms with Gasteiger partial charge in [0.25, 0.3) is 5.91 Å². The number of hydrogen-bond donors (Lipinski definition) is 1. The third kappa shape index (κ3) is 4.87. The Morgan fingerprint density at radius 2 is 2.13 bits per heavy atom. The number of methoxy groups -OCH3 is 1. The molecule has 1 N–H and O–H groups in total. The molecule has 2 rings (SSSR count). The zero-order valence-electron chi connectivity index (χ0n) is 12.3. The lowest BCUT2D eigenvalue weighted by Gasteiger charge is -2.11.